The van der Waals surface area contributed by atoms with Gasteiger partial charge in [0.2, 0.25) is 0 Å². The van der Waals surface area contributed by atoms with Crippen molar-refractivity contribution in [2.24, 2.45) is 23.7 Å². The van der Waals surface area contributed by atoms with E-state index in [4.69, 9.17) is 0 Å². The maximum absolute atomic E-state index is 11.9. The standard InChI is InChI=1S/C13H16O2/c14-11-6-5-8-7-12(15)9-3-1-2-4-10(9)13(8)11/h5-6,8-10,13H,1-4,7H2/t8-,9+,10+,13+/m0/s1. The van der Waals surface area contributed by atoms with Gasteiger partial charge in [0, 0.05) is 18.3 Å². The fourth-order valence-corrected chi connectivity index (χ4v) is 3.76. The van der Waals surface area contributed by atoms with Crippen molar-refractivity contribution >= 4 is 11.6 Å². The summed E-state index contributed by atoms with van der Waals surface area (Å²) in [5.41, 5.74) is 0. The second-order valence-corrected chi connectivity index (χ2v) is 5.18. The monoisotopic (exact) mass is 204 g/mol. The first-order chi connectivity index (χ1) is 7.27. The van der Waals surface area contributed by atoms with Gasteiger partial charge in [0.25, 0.3) is 0 Å². The smallest absolute Gasteiger partial charge is 0.159 e. The highest BCUT2D eigenvalue weighted by molar-refractivity contribution is 5.97. The van der Waals surface area contributed by atoms with E-state index in [1.165, 1.54) is 12.8 Å². The number of allylic oxidation sites excluding steroid dienone is 2. The summed E-state index contributed by atoms with van der Waals surface area (Å²) < 4.78 is 0. The predicted molar refractivity (Wildman–Crippen MR) is 56.2 cm³/mol. The number of carbonyl (C=O) groups is 2. The fraction of sp³-hybridized carbons (Fsp3) is 0.692. The van der Waals surface area contributed by atoms with E-state index in [-0.39, 0.29) is 23.5 Å². The molecule has 0 heterocycles. The topological polar surface area (TPSA) is 34.1 Å². The number of Topliss-reactive ketones (excluding diaryl/α,β-unsaturated/α-hetero) is 1. The SMILES string of the molecule is O=C1C=C[C@H]2CC(=O)[C@@H]3CCCC[C@H]3[C@H]12. The molecule has 2 heteroatoms. The van der Waals surface area contributed by atoms with Crippen LogP contribution >= 0.6 is 0 Å². The number of hydrogen-bond donors (Lipinski definition) is 0. The number of ketones is 2. The Hall–Kier alpha value is -0.920. The molecule has 15 heavy (non-hydrogen) atoms. The van der Waals surface area contributed by atoms with Gasteiger partial charge < -0.3 is 0 Å². The number of hydrogen-bond acceptors (Lipinski definition) is 2. The Balaban J connectivity index is 1.92. The molecule has 0 amide bonds. The van der Waals surface area contributed by atoms with Crippen molar-refractivity contribution < 1.29 is 9.59 Å². The second-order valence-electron chi connectivity index (χ2n) is 5.18. The summed E-state index contributed by atoms with van der Waals surface area (Å²) in [6, 6.07) is 0. The van der Waals surface area contributed by atoms with Crippen LogP contribution in [0.2, 0.25) is 0 Å². The molecule has 3 aliphatic carbocycles. The second kappa shape index (κ2) is 3.29. The van der Waals surface area contributed by atoms with Crippen molar-refractivity contribution in [3.63, 3.8) is 0 Å². The van der Waals surface area contributed by atoms with Crippen LogP contribution < -0.4 is 0 Å². The van der Waals surface area contributed by atoms with Gasteiger partial charge >= 0.3 is 0 Å². The maximum Gasteiger partial charge on any atom is 0.159 e. The summed E-state index contributed by atoms with van der Waals surface area (Å²) in [7, 11) is 0. The molecule has 0 unspecified atom stereocenters. The van der Waals surface area contributed by atoms with Gasteiger partial charge in [-0.2, -0.15) is 0 Å². The number of carbonyl (C=O) groups excluding carboxylic acids is 2. The summed E-state index contributed by atoms with van der Waals surface area (Å²) in [5.74, 6) is 1.68. The molecule has 0 aliphatic heterocycles. The van der Waals surface area contributed by atoms with Gasteiger partial charge in [-0.25, -0.2) is 0 Å². The lowest BCUT2D eigenvalue weighted by molar-refractivity contribution is -0.135. The molecule has 3 aliphatic rings. The molecule has 0 aromatic rings. The molecule has 0 aromatic heterocycles. The van der Waals surface area contributed by atoms with Crippen molar-refractivity contribution in [1.29, 1.82) is 0 Å². The minimum Gasteiger partial charge on any atom is -0.299 e. The summed E-state index contributed by atoms with van der Waals surface area (Å²) in [6.45, 7) is 0. The molecule has 0 N–H and O–H groups in total. The van der Waals surface area contributed by atoms with Gasteiger partial charge in [-0.15, -0.1) is 0 Å². The third kappa shape index (κ3) is 1.30. The van der Waals surface area contributed by atoms with E-state index in [1.807, 2.05) is 6.08 Å². The van der Waals surface area contributed by atoms with Crippen LogP contribution in [0.5, 0.6) is 0 Å². The fourth-order valence-electron chi connectivity index (χ4n) is 3.76. The van der Waals surface area contributed by atoms with Gasteiger partial charge in [0.15, 0.2) is 5.78 Å². The van der Waals surface area contributed by atoms with Crippen LogP contribution in [0.25, 0.3) is 0 Å². The molecule has 3 rings (SSSR count). The van der Waals surface area contributed by atoms with Crippen LogP contribution in [0.4, 0.5) is 0 Å². The van der Waals surface area contributed by atoms with E-state index in [1.54, 1.807) is 6.08 Å². The van der Waals surface area contributed by atoms with Crippen LogP contribution in [0.15, 0.2) is 12.2 Å². The Morgan fingerprint density at radius 1 is 1.13 bits per heavy atom. The molecular weight excluding hydrogens is 188 g/mol. The van der Waals surface area contributed by atoms with Gasteiger partial charge in [0.05, 0.1) is 0 Å². The highest BCUT2D eigenvalue weighted by Crippen LogP contribution is 2.47. The molecule has 0 aromatic carbocycles. The average molecular weight is 204 g/mol. The Bertz CT molecular complexity index is 342. The molecule has 0 spiro atoms. The van der Waals surface area contributed by atoms with Crippen molar-refractivity contribution in [2.75, 3.05) is 0 Å². The van der Waals surface area contributed by atoms with E-state index in [9.17, 15) is 9.59 Å². The molecule has 4 atom stereocenters. The van der Waals surface area contributed by atoms with Crippen LogP contribution in [-0.2, 0) is 9.59 Å². The molecule has 0 bridgehead atoms. The van der Waals surface area contributed by atoms with Gasteiger partial charge in [-0.05, 0) is 30.8 Å². The molecule has 80 valence electrons. The van der Waals surface area contributed by atoms with E-state index >= 15 is 0 Å². The first-order valence-electron chi connectivity index (χ1n) is 6.02. The van der Waals surface area contributed by atoms with E-state index < -0.39 is 0 Å². The molecular formula is C13H16O2. The zero-order valence-corrected chi connectivity index (χ0v) is 8.82. The Morgan fingerprint density at radius 2 is 1.93 bits per heavy atom. The molecule has 0 radical (unpaired) electrons. The van der Waals surface area contributed by atoms with E-state index in [0.717, 1.165) is 12.8 Å². The first-order valence-corrected chi connectivity index (χ1v) is 6.02. The van der Waals surface area contributed by atoms with Crippen LogP contribution in [-0.4, -0.2) is 11.6 Å². The van der Waals surface area contributed by atoms with Crippen molar-refractivity contribution in [3.8, 4) is 0 Å². The largest absolute Gasteiger partial charge is 0.299 e. The third-order valence-electron chi connectivity index (χ3n) is 4.43. The summed E-state index contributed by atoms with van der Waals surface area (Å²) >= 11 is 0. The minimum atomic E-state index is 0.160. The molecule has 2 saturated carbocycles. The highest BCUT2D eigenvalue weighted by Gasteiger charge is 2.48. The van der Waals surface area contributed by atoms with Crippen LogP contribution in [0.3, 0.4) is 0 Å². The van der Waals surface area contributed by atoms with Crippen molar-refractivity contribution in [1.82, 2.24) is 0 Å². The lowest BCUT2D eigenvalue weighted by Crippen LogP contribution is -2.42. The molecule has 0 saturated heterocycles. The lowest BCUT2D eigenvalue weighted by atomic mass is 9.61. The van der Waals surface area contributed by atoms with Crippen LogP contribution in [0, 0.1) is 23.7 Å². The Morgan fingerprint density at radius 3 is 2.80 bits per heavy atom. The lowest BCUT2D eigenvalue weighted by Gasteiger charge is -2.41. The summed E-state index contributed by atoms with van der Waals surface area (Å²) in [4.78, 5) is 23.7. The first kappa shape index (κ1) is 9.32. The summed E-state index contributed by atoms with van der Waals surface area (Å²) in [5, 5.41) is 0. The zero-order valence-electron chi connectivity index (χ0n) is 8.82. The number of fused-ring (bicyclic) bond motifs is 3. The zero-order chi connectivity index (χ0) is 10.4. The average Bonchev–Trinajstić information content (AvgIpc) is 2.61. The van der Waals surface area contributed by atoms with Gasteiger partial charge in [0.1, 0.15) is 5.78 Å². The maximum atomic E-state index is 11.9. The predicted octanol–water partition coefficient (Wildman–Crippen LogP) is 2.14. The Labute approximate surface area is 89.7 Å². The third-order valence-corrected chi connectivity index (χ3v) is 4.43. The summed E-state index contributed by atoms with van der Waals surface area (Å²) in [6.07, 6.45) is 8.78. The number of rotatable bonds is 0. The highest BCUT2D eigenvalue weighted by atomic mass is 16.1. The van der Waals surface area contributed by atoms with E-state index in [0.29, 0.717) is 18.1 Å². The quantitative estimate of drug-likeness (QED) is 0.605. The van der Waals surface area contributed by atoms with Crippen LogP contribution in [0.1, 0.15) is 32.1 Å². The minimum absolute atomic E-state index is 0.160. The molecule has 2 fully saturated rings. The van der Waals surface area contributed by atoms with E-state index in [2.05, 4.69) is 0 Å². The van der Waals surface area contributed by atoms with Gasteiger partial charge in [-0.3, -0.25) is 9.59 Å². The molecule has 2 nitrogen and oxygen atoms in total. The Kier molecular flexibility index (Phi) is 2.04. The van der Waals surface area contributed by atoms with Crippen molar-refractivity contribution in [3.05, 3.63) is 12.2 Å². The van der Waals surface area contributed by atoms with Crippen molar-refractivity contribution in [2.45, 2.75) is 32.1 Å². The normalized spacial score (nSPS) is 44.0. The van der Waals surface area contributed by atoms with Gasteiger partial charge in [-0.1, -0.05) is 18.9 Å².